The van der Waals surface area contributed by atoms with Crippen molar-refractivity contribution in [3.63, 3.8) is 0 Å². The standard InChI is InChI=1S/C89H62B2N8/c1-11-33-63(34-12-1)93(64-35-13-2-14-36-64)73-55-56-77-81(57-73)97(70-47-25-8-26-48-70)83-59-75(95(67-41-19-5-20-42-67)68-43-21-6-22-44-68)61-85-87(83)91(77)79-62-78-88(92-89(79)99(85)72-51-29-10-30-52-72)98(71-49-27-9-28-50-71)84-60-74(94(65-37-15-3-16-38-65)66-39-17-4-18-40-66)58-82-86(84)90(78)76-53-31-32-54-80(76)96(82)69-45-23-7-24-46-69/h1-62H. The number of pyridine rings is 1. The summed E-state index contributed by atoms with van der Waals surface area (Å²) in [4.78, 5) is 23.6. The van der Waals surface area contributed by atoms with E-state index >= 15 is 0 Å². The molecule has 0 fully saturated rings. The number of aromatic nitrogens is 1. The molecule has 0 aliphatic carbocycles. The lowest BCUT2D eigenvalue weighted by Gasteiger charge is -2.47. The molecule has 0 atom stereocenters. The van der Waals surface area contributed by atoms with E-state index in [1.165, 1.54) is 21.9 Å². The van der Waals surface area contributed by atoms with Crippen molar-refractivity contribution < 1.29 is 0 Å². The lowest BCUT2D eigenvalue weighted by Crippen LogP contribution is -2.65. The van der Waals surface area contributed by atoms with Gasteiger partial charge in [-0.15, -0.1) is 0 Å². The van der Waals surface area contributed by atoms with Crippen molar-refractivity contribution in [1.29, 1.82) is 0 Å². The van der Waals surface area contributed by atoms with Crippen LogP contribution in [0.3, 0.4) is 0 Å². The van der Waals surface area contributed by atoms with E-state index in [2.05, 4.69) is 410 Å². The largest absolute Gasteiger partial charge is 0.311 e. The highest BCUT2D eigenvalue weighted by Gasteiger charge is 2.50. The van der Waals surface area contributed by atoms with Gasteiger partial charge in [-0.2, -0.15) is 0 Å². The number of benzene rings is 14. The molecule has 0 saturated heterocycles. The molecule has 0 amide bonds. The van der Waals surface area contributed by atoms with Crippen molar-refractivity contribution >= 4 is 166 Å². The fourth-order valence-corrected chi connectivity index (χ4v) is 15.8. The fourth-order valence-electron chi connectivity index (χ4n) is 15.8. The topological polar surface area (TPSA) is 35.6 Å². The Kier molecular flexibility index (Phi) is 13.9. The first-order valence-corrected chi connectivity index (χ1v) is 33.9. The van der Waals surface area contributed by atoms with Crippen molar-refractivity contribution in [1.82, 2.24) is 4.98 Å². The summed E-state index contributed by atoms with van der Waals surface area (Å²) in [7, 11) is 0. The molecule has 10 heteroatoms. The van der Waals surface area contributed by atoms with Gasteiger partial charge in [-0.1, -0.05) is 212 Å². The Labute approximate surface area is 577 Å². The number of anilines is 21. The lowest BCUT2D eigenvalue weighted by atomic mass is 9.30. The Hall–Kier alpha value is -13.0. The Bertz CT molecular complexity index is 5360. The Balaban J connectivity index is 0.941. The first kappa shape index (κ1) is 57.4. The maximum absolute atomic E-state index is 6.47. The smallest absolute Gasteiger partial charge is 0.254 e. The van der Waals surface area contributed by atoms with Crippen molar-refractivity contribution in [2.75, 3.05) is 34.3 Å². The summed E-state index contributed by atoms with van der Waals surface area (Å²) < 4.78 is 0. The lowest BCUT2D eigenvalue weighted by molar-refractivity contribution is 1.13. The zero-order chi connectivity index (χ0) is 65.3. The van der Waals surface area contributed by atoms with Gasteiger partial charge >= 0.3 is 0 Å². The molecule has 0 spiro atoms. The number of hydrogen-bond donors (Lipinski definition) is 0. The van der Waals surface area contributed by atoms with Gasteiger partial charge in [0.05, 0.1) is 11.4 Å². The molecule has 0 saturated carbocycles. The van der Waals surface area contributed by atoms with Gasteiger partial charge in [-0.3, -0.25) is 9.80 Å². The summed E-state index contributed by atoms with van der Waals surface area (Å²) >= 11 is 0. The maximum atomic E-state index is 6.47. The normalized spacial score (nSPS) is 12.7. The number of hydrogen-bond acceptors (Lipinski definition) is 8. The van der Waals surface area contributed by atoms with Crippen LogP contribution in [0, 0.1) is 0 Å². The van der Waals surface area contributed by atoms with Crippen molar-refractivity contribution in [3.8, 4) is 0 Å². The summed E-state index contributed by atoms with van der Waals surface area (Å²) in [6, 6.07) is 137. The van der Waals surface area contributed by atoms with Crippen LogP contribution in [-0.4, -0.2) is 18.4 Å². The molecule has 19 rings (SSSR count). The van der Waals surface area contributed by atoms with Crippen LogP contribution in [0.25, 0.3) is 0 Å². The predicted octanol–water partition coefficient (Wildman–Crippen LogP) is 19.7. The van der Waals surface area contributed by atoms with E-state index < -0.39 is 0 Å². The molecule has 0 N–H and O–H groups in total. The van der Waals surface area contributed by atoms with Crippen LogP contribution < -0.4 is 67.1 Å². The molecule has 0 bridgehead atoms. The van der Waals surface area contributed by atoms with E-state index in [-0.39, 0.29) is 13.4 Å². The first-order valence-electron chi connectivity index (χ1n) is 33.9. The molecule has 1 aromatic heterocycles. The fraction of sp³-hybridized carbons (Fsp3) is 0. The van der Waals surface area contributed by atoms with Crippen molar-refractivity contribution in [2.45, 2.75) is 0 Å². The van der Waals surface area contributed by atoms with Gasteiger partial charge in [0.15, 0.2) is 0 Å². The van der Waals surface area contributed by atoms with Crippen LogP contribution in [-0.2, 0) is 0 Å². The van der Waals surface area contributed by atoms with Crippen LogP contribution in [0.1, 0.15) is 0 Å². The Morgan fingerprint density at radius 1 is 0.192 bits per heavy atom. The van der Waals surface area contributed by atoms with Crippen LogP contribution in [0.15, 0.2) is 376 Å². The van der Waals surface area contributed by atoms with Crippen LogP contribution in [0.2, 0.25) is 0 Å². The van der Waals surface area contributed by atoms with Gasteiger partial charge in [-0.05, 0) is 197 Å². The molecule has 464 valence electrons. The van der Waals surface area contributed by atoms with E-state index in [0.29, 0.717) is 0 Å². The van der Waals surface area contributed by atoms with E-state index in [4.69, 9.17) is 4.98 Å². The summed E-state index contributed by atoms with van der Waals surface area (Å²) in [5, 5.41) is 0. The van der Waals surface area contributed by atoms with Crippen molar-refractivity contribution in [3.05, 3.63) is 376 Å². The Morgan fingerprint density at radius 2 is 0.455 bits per heavy atom. The van der Waals surface area contributed by atoms with Crippen LogP contribution in [0.5, 0.6) is 0 Å². The second kappa shape index (κ2) is 24.0. The third kappa shape index (κ3) is 9.59. The molecular formula is C89H62B2N8. The van der Waals surface area contributed by atoms with Gasteiger partial charge in [-0.25, -0.2) is 4.98 Å². The average Bonchev–Trinajstić information content (AvgIpc) is 0.686. The van der Waals surface area contributed by atoms with Gasteiger partial charge in [0, 0.05) is 96.7 Å². The molecule has 4 aliphatic heterocycles. The SMILES string of the molecule is c1ccc(N(c2ccccc2)c2ccc3c(c2)N(c2ccccc2)c2cc(N(c4ccccc4)c4ccccc4)cc4c2B3c2cc3c(nc2N4c2ccccc2)N(c2ccccc2)c2cc(N(c4ccccc4)c4ccccc4)cc4c2B3c2ccccc2N4c2ccccc2)cc1. The van der Waals surface area contributed by atoms with E-state index in [0.717, 1.165) is 131 Å². The number of rotatable bonds is 13. The molecular weight excluding hydrogens is 1200 g/mol. The molecule has 4 aliphatic rings. The molecule has 5 heterocycles. The monoisotopic (exact) mass is 1260 g/mol. The Morgan fingerprint density at radius 3 is 0.808 bits per heavy atom. The molecule has 8 nitrogen and oxygen atoms in total. The van der Waals surface area contributed by atoms with E-state index in [1.807, 2.05) is 0 Å². The van der Waals surface area contributed by atoms with Crippen LogP contribution >= 0.6 is 0 Å². The number of para-hydroxylation sites is 11. The summed E-state index contributed by atoms with van der Waals surface area (Å²) in [5.41, 5.74) is 27.0. The van der Waals surface area contributed by atoms with Crippen LogP contribution in [0.4, 0.5) is 120 Å². The van der Waals surface area contributed by atoms with Gasteiger partial charge < -0.3 is 24.5 Å². The quantitative estimate of drug-likeness (QED) is 0.106. The zero-order valence-electron chi connectivity index (χ0n) is 54.0. The second-order valence-corrected chi connectivity index (χ2v) is 25.5. The predicted molar refractivity (Wildman–Crippen MR) is 416 cm³/mol. The minimum absolute atomic E-state index is 0.259. The molecule has 15 aromatic rings. The summed E-state index contributed by atoms with van der Waals surface area (Å²) in [6.45, 7) is -0.576. The third-order valence-corrected chi connectivity index (χ3v) is 19.8. The van der Waals surface area contributed by atoms with Gasteiger partial charge in [0.1, 0.15) is 11.6 Å². The third-order valence-electron chi connectivity index (χ3n) is 19.8. The highest BCUT2D eigenvalue weighted by molar-refractivity contribution is 7.03. The van der Waals surface area contributed by atoms with Crippen molar-refractivity contribution in [2.24, 2.45) is 0 Å². The summed E-state index contributed by atoms with van der Waals surface area (Å²) in [5.74, 6) is 1.72. The molecule has 0 unspecified atom stereocenters. The molecule has 99 heavy (non-hydrogen) atoms. The average molecular weight is 1270 g/mol. The van der Waals surface area contributed by atoms with Gasteiger partial charge in [0.2, 0.25) is 0 Å². The number of nitrogens with zero attached hydrogens (tertiary/aromatic N) is 8. The maximum Gasteiger partial charge on any atom is 0.254 e. The number of fused-ring (bicyclic) bond motifs is 8. The minimum Gasteiger partial charge on any atom is -0.311 e. The summed E-state index contributed by atoms with van der Waals surface area (Å²) in [6.07, 6.45) is 0. The zero-order valence-corrected chi connectivity index (χ0v) is 54.0. The van der Waals surface area contributed by atoms with E-state index in [9.17, 15) is 0 Å². The first-order chi connectivity index (χ1) is 49.2. The highest BCUT2D eigenvalue weighted by Crippen LogP contribution is 2.52. The second-order valence-electron chi connectivity index (χ2n) is 25.5. The van der Waals surface area contributed by atoms with E-state index in [1.54, 1.807) is 0 Å². The molecule has 0 radical (unpaired) electrons. The highest BCUT2D eigenvalue weighted by atomic mass is 15.3. The molecule has 14 aromatic carbocycles. The minimum atomic E-state index is -0.317. The van der Waals surface area contributed by atoms with Gasteiger partial charge in [0.25, 0.3) is 13.4 Å².